The summed E-state index contributed by atoms with van der Waals surface area (Å²) in [6.45, 7) is 10.9. The molecule has 0 aromatic heterocycles. The van der Waals surface area contributed by atoms with Crippen molar-refractivity contribution in [1.82, 2.24) is 5.32 Å². The van der Waals surface area contributed by atoms with Gasteiger partial charge in [0, 0.05) is 24.8 Å². The van der Waals surface area contributed by atoms with Gasteiger partial charge in [-0.3, -0.25) is 9.59 Å². The van der Waals surface area contributed by atoms with E-state index in [9.17, 15) is 9.59 Å². The summed E-state index contributed by atoms with van der Waals surface area (Å²) >= 11 is 0. The van der Waals surface area contributed by atoms with Gasteiger partial charge in [0.15, 0.2) is 0 Å². The molecule has 4 nitrogen and oxygen atoms in total. The number of carbonyl (C=O) groups excluding carboxylic acids is 2. The minimum Gasteiger partial charge on any atom is -0.458 e. The Morgan fingerprint density at radius 2 is 1.85 bits per heavy atom. The van der Waals surface area contributed by atoms with Crippen LogP contribution in [-0.2, 0) is 14.3 Å². The molecule has 0 aromatic rings. The molecule has 146 valence electrons. The number of amides is 1. The van der Waals surface area contributed by atoms with Crippen molar-refractivity contribution in [3.63, 3.8) is 0 Å². The average molecular weight is 362 g/mol. The van der Waals surface area contributed by atoms with E-state index in [1.807, 2.05) is 0 Å². The van der Waals surface area contributed by atoms with Gasteiger partial charge in [0.2, 0.25) is 5.91 Å². The van der Waals surface area contributed by atoms with Crippen LogP contribution < -0.4 is 5.32 Å². The monoisotopic (exact) mass is 361 g/mol. The number of unbranched alkanes of at least 4 members (excludes halogenated alkanes) is 1. The second-order valence-corrected chi connectivity index (χ2v) is 9.59. The fourth-order valence-corrected chi connectivity index (χ4v) is 6.55. The van der Waals surface area contributed by atoms with Gasteiger partial charge in [-0.25, -0.2) is 0 Å². The highest BCUT2D eigenvalue weighted by atomic mass is 16.6. The molecule has 4 rings (SSSR count). The summed E-state index contributed by atoms with van der Waals surface area (Å²) in [4.78, 5) is 23.8. The number of esters is 1. The summed E-state index contributed by atoms with van der Waals surface area (Å²) in [6.07, 6.45) is 9.55. The van der Waals surface area contributed by atoms with Crippen LogP contribution in [0.5, 0.6) is 0 Å². The summed E-state index contributed by atoms with van der Waals surface area (Å²) < 4.78 is 6.33. The number of hydrogen-bond donors (Lipinski definition) is 1. The molecule has 4 fully saturated rings. The van der Waals surface area contributed by atoms with E-state index in [4.69, 9.17) is 4.74 Å². The van der Waals surface area contributed by atoms with E-state index >= 15 is 0 Å². The maximum absolute atomic E-state index is 12.7. The first-order valence-electron chi connectivity index (χ1n) is 10.4. The molecule has 0 aliphatic heterocycles. The van der Waals surface area contributed by atoms with E-state index < -0.39 is 0 Å². The summed E-state index contributed by atoms with van der Waals surface area (Å²) in [7, 11) is 0. The van der Waals surface area contributed by atoms with Crippen molar-refractivity contribution in [2.45, 2.75) is 77.7 Å². The highest BCUT2D eigenvalue weighted by Crippen LogP contribution is 2.66. The van der Waals surface area contributed by atoms with Crippen molar-refractivity contribution in [2.24, 2.45) is 29.1 Å². The average Bonchev–Trinajstić information content (AvgIpc) is 2.55. The van der Waals surface area contributed by atoms with Crippen LogP contribution >= 0.6 is 0 Å². The van der Waals surface area contributed by atoms with Crippen LogP contribution in [0.4, 0.5) is 0 Å². The first kappa shape index (κ1) is 19.4. The number of ether oxygens (including phenoxy) is 1. The van der Waals surface area contributed by atoms with Crippen LogP contribution in [0.15, 0.2) is 12.7 Å². The molecule has 4 bridgehead atoms. The van der Waals surface area contributed by atoms with E-state index in [1.165, 1.54) is 38.2 Å². The highest BCUT2D eigenvalue weighted by Gasteiger charge is 2.63. The molecular weight excluding hydrogens is 326 g/mol. The minimum absolute atomic E-state index is 0.0497. The topological polar surface area (TPSA) is 55.4 Å². The maximum Gasteiger partial charge on any atom is 0.306 e. The zero-order chi connectivity index (χ0) is 18.9. The lowest BCUT2D eigenvalue weighted by atomic mass is 9.43. The lowest BCUT2D eigenvalue weighted by Gasteiger charge is -2.65. The Hall–Kier alpha value is -1.32. The third kappa shape index (κ3) is 3.57. The maximum atomic E-state index is 12.7. The van der Waals surface area contributed by atoms with Crippen LogP contribution in [0, 0.1) is 29.1 Å². The second kappa shape index (κ2) is 7.36. The van der Waals surface area contributed by atoms with Crippen LogP contribution in [-0.4, -0.2) is 24.0 Å². The van der Waals surface area contributed by atoms with Gasteiger partial charge in [-0.05, 0) is 68.3 Å². The van der Waals surface area contributed by atoms with E-state index in [0.29, 0.717) is 36.1 Å². The van der Waals surface area contributed by atoms with Crippen LogP contribution in [0.2, 0.25) is 0 Å². The molecule has 1 amide bonds. The molecule has 0 heterocycles. The van der Waals surface area contributed by atoms with Crippen molar-refractivity contribution in [3.8, 4) is 0 Å². The fraction of sp³-hybridized carbons (Fsp3) is 0.818. The zero-order valence-corrected chi connectivity index (χ0v) is 16.7. The van der Waals surface area contributed by atoms with Crippen LogP contribution in [0.1, 0.15) is 72.1 Å². The minimum atomic E-state index is -0.245. The first-order chi connectivity index (χ1) is 12.3. The first-order valence-corrected chi connectivity index (χ1v) is 10.4. The van der Waals surface area contributed by atoms with Gasteiger partial charge in [0.05, 0.1) is 0 Å². The Balaban J connectivity index is 1.57. The van der Waals surface area contributed by atoms with Crippen LogP contribution in [0.25, 0.3) is 0 Å². The Morgan fingerprint density at radius 3 is 2.38 bits per heavy atom. The molecule has 0 aromatic carbocycles. The van der Waals surface area contributed by atoms with Crippen molar-refractivity contribution in [1.29, 1.82) is 0 Å². The number of rotatable bonds is 8. The highest BCUT2D eigenvalue weighted by molar-refractivity contribution is 5.86. The molecule has 4 aliphatic carbocycles. The van der Waals surface area contributed by atoms with Crippen molar-refractivity contribution in [2.75, 3.05) is 6.54 Å². The number of hydrogen-bond acceptors (Lipinski definition) is 3. The van der Waals surface area contributed by atoms with E-state index in [1.54, 1.807) is 0 Å². The van der Waals surface area contributed by atoms with Gasteiger partial charge < -0.3 is 10.1 Å². The predicted molar refractivity (Wildman–Crippen MR) is 102 cm³/mol. The molecule has 4 heteroatoms. The van der Waals surface area contributed by atoms with Gasteiger partial charge in [0.25, 0.3) is 0 Å². The number of nitrogens with one attached hydrogen (secondary N) is 1. The summed E-state index contributed by atoms with van der Waals surface area (Å²) in [6, 6.07) is 0. The Kier molecular flexibility index (Phi) is 5.50. The third-order valence-corrected chi connectivity index (χ3v) is 7.26. The van der Waals surface area contributed by atoms with Crippen molar-refractivity contribution < 1.29 is 14.3 Å². The zero-order valence-electron chi connectivity index (χ0n) is 16.7. The van der Waals surface area contributed by atoms with Gasteiger partial charge in [0.1, 0.15) is 5.60 Å². The quantitative estimate of drug-likeness (QED) is 0.400. The standard InChI is InChI=1S/C22H35NO3/c1-5-19(24)23-9-7-6-8-20(25)26-22(15(2)3)17-10-16-11-18(22)14-21(4,12-16)13-17/h5,15-18H,1,6-14H2,2-4H3,(H,23,24). The van der Waals surface area contributed by atoms with Crippen LogP contribution in [0.3, 0.4) is 0 Å². The Morgan fingerprint density at radius 1 is 1.19 bits per heavy atom. The lowest BCUT2D eigenvalue weighted by molar-refractivity contribution is -0.238. The summed E-state index contributed by atoms with van der Waals surface area (Å²) in [5.74, 6) is 2.08. The molecular formula is C22H35NO3. The molecule has 26 heavy (non-hydrogen) atoms. The van der Waals surface area contributed by atoms with Gasteiger partial charge >= 0.3 is 5.97 Å². The second-order valence-electron chi connectivity index (χ2n) is 9.59. The Labute approximate surface area is 158 Å². The number of carbonyl (C=O) groups is 2. The molecule has 1 N–H and O–H groups in total. The summed E-state index contributed by atoms with van der Waals surface area (Å²) in [5.41, 5.74) is 0.231. The molecule has 2 unspecified atom stereocenters. The van der Waals surface area contributed by atoms with Gasteiger partial charge in [-0.2, -0.15) is 0 Å². The van der Waals surface area contributed by atoms with Gasteiger partial charge in [-0.1, -0.05) is 27.4 Å². The van der Waals surface area contributed by atoms with E-state index in [0.717, 1.165) is 18.8 Å². The Bertz CT molecular complexity index is 552. The molecule has 0 spiro atoms. The third-order valence-electron chi connectivity index (χ3n) is 7.26. The van der Waals surface area contributed by atoms with E-state index in [2.05, 4.69) is 32.7 Å². The SMILES string of the molecule is C=CC(=O)NCCCCC(=O)OC1(C(C)C)C2CC3CC1CC(C)(C3)C2. The lowest BCUT2D eigenvalue weighted by Crippen LogP contribution is -2.64. The smallest absolute Gasteiger partial charge is 0.306 e. The largest absolute Gasteiger partial charge is 0.458 e. The molecule has 0 saturated heterocycles. The van der Waals surface area contributed by atoms with Gasteiger partial charge in [-0.15, -0.1) is 0 Å². The molecule has 4 saturated carbocycles. The fourth-order valence-electron chi connectivity index (χ4n) is 6.55. The normalized spacial score (nSPS) is 37.6. The van der Waals surface area contributed by atoms with Crippen molar-refractivity contribution in [3.05, 3.63) is 12.7 Å². The summed E-state index contributed by atoms with van der Waals surface area (Å²) in [5, 5.41) is 2.75. The predicted octanol–water partition coefficient (Wildman–Crippen LogP) is 4.24. The molecule has 2 atom stereocenters. The molecule has 4 aliphatic rings. The van der Waals surface area contributed by atoms with E-state index in [-0.39, 0.29) is 17.5 Å². The molecule has 0 radical (unpaired) electrons. The van der Waals surface area contributed by atoms with Crippen molar-refractivity contribution >= 4 is 11.9 Å².